The molecule has 0 spiro atoms. The molecule has 2 saturated heterocycles. The summed E-state index contributed by atoms with van der Waals surface area (Å²) in [7, 11) is 4.10. The lowest BCUT2D eigenvalue weighted by Crippen LogP contribution is -2.55. The fourth-order valence-electron chi connectivity index (χ4n) is 4.16. The molecule has 2 aliphatic heterocycles. The van der Waals surface area contributed by atoms with Gasteiger partial charge in [0.2, 0.25) is 0 Å². The van der Waals surface area contributed by atoms with Gasteiger partial charge in [-0.1, -0.05) is 20.8 Å². The van der Waals surface area contributed by atoms with Crippen molar-refractivity contribution in [2.24, 2.45) is 16.8 Å². The summed E-state index contributed by atoms with van der Waals surface area (Å²) < 4.78 is 0. The zero-order valence-corrected chi connectivity index (χ0v) is 21.2. The highest BCUT2D eigenvalue weighted by molar-refractivity contribution is 14.0. The molecule has 2 aliphatic rings. The van der Waals surface area contributed by atoms with Gasteiger partial charge in [0.15, 0.2) is 5.96 Å². The molecule has 2 rings (SSSR count). The Balaban J connectivity index is 0.00000392. The van der Waals surface area contributed by atoms with Gasteiger partial charge in [-0.3, -0.25) is 9.89 Å². The highest BCUT2D eigenvalue weighted by Crippen LogP contribution is 2.15. The monoisotopic (exact) mass is 508 g/mol. The van der Waals surface area contributed by atoms with E-state index in [1.807, 2.05) is 7.05 Å². The van der Waals surface area contributed by atoms with Gasteiger partial charge >= 0.3 is 0 Å². The maximum absolute atomic E-state index is 4.42. The second kappa shape index (κ2) is 14.0. The molecule has 0 aliphatic carbocycles. The lowest BCUT2D eigenvalue weighted by Gasteiger charge is -2.40. The summed E-state index contributed by atoms with van der Waals surface area (Å²) in [6, 6.07) is 0.563. The Hall–Kier alpha value is -0.120. The van der Waals surface area contributed by atoms with Gasteiger partial charge in [0.1, 0.15) is 0 Å². The summed E-state index contributed by atoms with van der Waals surface area (Å²) in [5.41, 5.74) is 0. The van der Waals surface area contributed by atoms with Crippen LogP contribution in [0.5, 0.6) is 0 Å². The molecule has 0 amide bonds. The minimum Gasteiger partial charge on any atom is -0.356 e. The van der Waals surface area contributed by atoms with Crippen molar-refractivity contribution in [3.8, 4) is 0 Å². The first kappa shape index (κ1) is 25.9. The maximum Gasteiger partial charge on any atom is 0.191 e. The number of hydrogen-bond donors (Lipinski definition) is 2. The van der Waals surface area contributed by atoms with E-state index in [0.29, 0.717) is 12.0 Å². The molecule has 2 N–H and O–H groups in total. The van der Waals surface area contributed by atoms with E-state index >= 15 is 0 Å². The van der Waals surface area contributed by atoms with E-state index in [1.165, 1.54) is 65.1 Å². The zero-order chi connectivity index (χ0) is 19.6. The molecule has 2 heterocycles. The molecule has 7 heteroatoms. The molecule has 0 aromatic carbocycles. The highest BCUT2D eigenvalue weighted by atomic mass is 127. The Morgan fingerprint density at radius 2 is 1.68 bits per heavy atom. The first-order valence-electron chi connectivity index (χ1n) is 11.1. The molecule has 166 valence electrons. The van der Waals surface area contributed by atoms with Crippen molar-refractivity contribution in [3.63, 3.8) is 0 Å². The smallest absolute Gasteiger partial charge is 0.191 e. The first-order chi connectivity index (χ1) is 13.0. The average Bonchev–Trinajstić information content (AvgIpc) is 2.66. The van der Waals surface area contributed by atoms with E-state index in [0.717, 1.165) is 25.0 Å². The zero-order valence-electron chi connectivity index (χ0n) is 18.9. The lowest BCUT2D eigenvalue weighted by atomic mass is 9.99. The summed E-state index contributed by atoms with van der Waals surface area (Å²) in [5, 5.41) is 7.08. The van der Waals surface area contributed by atoms with Crippen molar-refractivity contribution in [1.82, 2.24) is 25.3 Å². The summed E-state index contributed by atoms with van der Waals surface area (Å²) >= 11 is 0. The molecule has 28 heavy (non-hydrogen) atoms. The molecular weight excluding hydrogens is 463 g/mol. The fraction of sp³-hybridized carbons (Fsp3) is 0.952. The standard InChI is InChI=1S/C21H44N6.HI/c1-18(2)20(27-15-13-25(5)14-16-27)17-24-21(22-4)23-9-6-10-26-11-7-19(3)8-12-26;/h18-20H,6-17H2,1-5H3,(H2,22,23,24);1H. The fourth-order valence-corrected chi connectivity index (χ4v) is 4.16. The molecule has 0 saturated carbocycles. The molecular formula is C21H45IN6. The van der Waals surface area contributed by atoms with Crippen LogP contribution in [0.25, 0.3) is 0 Å². The van der Waals surface area contributed by atoms with Gasteiger partial charge in [-0.25, -0.2) is 0 Å². The molecule has 0 bridgehead atoms. The number of nitrogens with one attached hydrogen (secondary N) is 2. The molecule has 0 aromatic rings. The molecule has 1 unspecified atom stereocenters. The average molecular weight is 509 g/mol. The van der Waals surface area contributed by atoms with Gasteiger partial charge in [-0.2, -0.15) is 0 Å². The van der Waals surface area contributed by atoms with E-state index < -0.39 is 0 Å². The number of rotatable bonds is 8. The van der Waals surface area contributed by atoms with Gasteiger partial charge in [-0.15, -0.1) is 24.0 Å². The van der Waals surface area contributed by atoms with Crippen molar-refractivity contribution in [1.29, 1.82) is 0 Å². The van der Waals surface area contributed by atoms with Crippen molar-refractivity contribution in [2.75, 3.05) is 73.0 Å². The number of likely N-dealkylation sites (tertiary alicyclic amines) is 1. The normalized spacial score (nSPS) is 22.1. The largest absolute Gasteiger partial charge is 0.356 e. The van der Waals surface area contributed by atoms with Crippen LogP contribution in [0.4, 0.5) is 0 Å². The Bertz CT molecular complexity index is 429. The van der Waals surface area contributed by atoms with Crippen molar-refractivity contribution >= 4 is 29.9 Å². The van der Waals surface area contributed by atoms with E-state index in [1.54, 1.807) is 0 Å². The molecule has 6 nitrogen and oxygen atoms in total. The lowest BCUT2D eigenvalue weighted by molar-refractivity contribution is 0.0900. The number of likely N-dealkylation sites (N-methyl/N-ethyl adjacent to an activating group) is 1. The Morgan fingerprint density at radius 3 is 2.25 bits per heavy atom. The van der Waals surface area contributed by atoms with E-state index in [4.69, 9.17) is 0 Å². The van der Waals surface area contributed by atoms with Crippen LogP contribution in [0, 0.1) is 11.8 Å². The number of guanidine groups is 1. The van der Waals surface area contributed by atoms with Crippen molar-refractivity contribution in [3.05, 3.63) is 0 Å². The van der Waals surface area contributed by atoms with E-state index in [9.17, 15) is 0 Å². The molecule has 0 aromatic heterocycles. The quantitative estimate of drug-likeness (QED) is 0.228. The third-order valence-electron chi connectivity index (χ3n) is 6.30. The maximum atomic E-state index is 4.42. The van der Waals surface area contributed by atoms with Crippen LogP contribution < -0.4 is 10.6 Å². The number of piperazine rings is 1. The summed E-state index contributed by atoms with van der Waals surface area (Å²) in [6.07, 6.45) is 3.90. The summed E-state index contributed by atoms with van der Waals surface area (Å²) in [5.74, 6) is 2.50. The Morgan fingerprint density at radius 1 is 1.04 bits per heavy atom. The van der Waals surface area contributed by atoms with Gasteiger partial charge in [0.05, 0.1) is 0 Å². The van der Waals surface area contributed by atoms with Crippen LogP contribution >= 0.6 is 24.0 Å². The first-order valence-corrected chi connectivity index (χ1v) is 11.1. The van der Waals surface area contributed by atoms with Crippen molar-refractivity contribution in [2.45, 2.75) is 46.1 Å². The number of piperidine rings is 1. The SMILES string of the molecule is CN=C(NCCCN1CCC(C)CC1)NCC(C(C)C)N1CCN(C)CC1.I. The minimum atomic E-state index is 0. The van der Waals surface area contributed by atoms with Crippen LogP contribution in [-0.4, -0.2) is 99.7 Å². The van der Waals surface area contributed by atoms with Crippen LogP contribution in [0.1, 0.15) is 40.0 Å². The molecule has 1 atom stereocenters. The number of halogens is 1. The minimum absolute atomic E-state index is 0. The predicted octanol–water partition coefficient (Wildman–Crippen LogP) is 2.16. The van der Waals surface area contributed by atoms with Gasteiger partial charge < -0.3 is 20.4 Å². The van der Waals surface area contributed by atoms with Crippen LogP contribution in [0.15, 0.2) is 4.99 Å². The van der Waals surface area contributed by atoms with Crippen LogP contribution in [0.2, 0.25) is 0 Å². The Labute approximate surface area is 190 Å². The Kier molecular flexibility index (Phi) is 12.9. The summed E-state index contributed by atoms with van der Waals surface area (Å²) in [4.78, 5) is 12.1. The number of hydrogen-bond acceptors (Lipinski definition) is 4. The second-order valence-electron chi connectivity index (χ2n) is 8.91. The summed E-state index contributed by atoms with van der Waals surface area (Å²) in [6.45, 7) is 17.4. The third-order valence-corrected chi connectivity index (χ3v) is 6.30. The van der Waals surface area contributed by atoms with Crippen molar-refractivity contribution < 1.29 is 0 Å². The van der Waals surface area contributed by atoms with Gasteiger partial charge in [0, 0.05) is 52.4 Å². The number of nitrogens with zero attached hydrogens (tertiary/aromatic N) is 4. The van der Waals surface area contributed by atoms with E-state index in [2.05, 4.69) is 58.1 Å². The predicted molar refractivity (Wildman–Crippen MR) is 132 cm³/mol. The third kappa shape index (κ3) is 9.13. The van der Waals surface area contributed by atoms with Crippen LogP contribution in [-0.2, 0) is 0 Å². The van der Waals surface area contributed by atoms with Gasteiger partial charge in [0.25, 0.3) is 0 Å². The highest BCUT2D eigenvalue weighted by Gasteiger charge is 2.25. The second-order valence-corrected chi connectivity index (χ2v) is 8.91. The number of aliphatic imine (C=N–C) groups is 1. The van der Waals surface area contributed by atoms with Crippen LogP contribution in [0.3, 0.4) is 0 Å². The van der Waals surface area contributed by atoms with Gasteiger partial charge in [-0.05, 0) is 57.8 Å². The molecule has 2 fully saturated rings. The molecule has 0 radical (unpaired) electrons. The topological polar surface area (TPSA) is 46.1 Å². The van der Waals surface area contributed by atoms with E-state index in [-0.39, 0.29) is 24.0 Å².